The molecule has 1 aromatic carbocycles. The predicted molar refractivity (Wildman–Crippen MR) is 55.0 cm³/mol. The molecule has 14 heavy (non-hydrogen) atoms. The van der Waals surface area contributed by atoms with E-state index < -0.39 is 5.91 Å². The number of hydrogen-bond donors (Lipinski definition) is 0. The lowest BCUT2D eigenvalue weighted by atomic mass is 10.0. The number of alkyl halides is 1. The molecule has 0 aromatic heterocycles. The van der Waals surface area contributed by atoms with Gasteiger partial charge in [-0.05, 0) is 5.56 Å². The van der Waals surface area contributed by atoms with Crippen LogP contribution in [0.5, 0.6) is 0 Å². The van der Waals surface area contributed by atoms with Crippen LogP contribution in [0.15, 0.2) is 18.2 Å². The maximum atomic E-state index is 13.1. The van der Waals surface area contributed by atoms with Crippen LogP contribution in [0, 0.1) is 0 Å². The van der Waals surface area contributed by atoms with Crippen LogP contribution in [0.2, 0.25) is 0 Å². The van der Waals surface area contributed by atoms with E-state index in [1.54, 1.807) is 18.2 Å². The molecule has 0 saturated carbocycles. The molecule has 1 aromatic rings. The maximum Gasteiger partial charge on any atom is 0.288 e. The topological polar surface area (TPSA) is 20.3 Å². The second kappa shape index (κ2) is 3.29. The third-order valence-corrected chi connectivity index (χ3v) is 2.76. The van der Waals surface area contributed by atoms with Crippen molar-refractivity contribution >= 4 is 34.7 Å². The van der Waals surface area contributed by atoms with Gasteiger partial charge in [0.15, 0.2) is 0 Å². The minimum absolute atomic E-state index is 0.0178. The van der Waals surface area contributed by atoms with E-state index in [2.05, 4.69) is 0 Å². The first-order valence-corrected chi connectivity index (χ1v) is 4.83. The lowest BCUT2D eigenvalue weighted by molar-refractivity contribution is 0.0572. The molecule has 0 spiro atoms. The van der Waals surface area contributed by atoms with Gasteiger partial charge in [-0.15, -0.1) is 16.7 Å². The summed E-state index contributed by atoms with van der Waals surface area (Å²) in [5.74, 6) is -0.549. The van der Waals surface area contributed by atoms with Gasteiger partial charge in [-0.25, -0.2) is 0 Å². The van der Waals surface area contributed by atoms with Crippen molar-refractivity contribution in [1.82, 2.24) is 5.12 Å². The zero-order valence-corrected chi connectivity index (χ0v) is 8.53. The first-order valence-electron chi connectivity index (χ1n) is 3.89. The predicted octanol–water partition coefficient (Wildman–Crippen LogP) is 2.44. The van der Waals surface area contributed by atoms with E-state index in [1.165, 1.54) is 0 Å². The summed E-state index contributed by atoms with van der Waals surface area (Å²) in [6.45, 7) is 0. The molecule has 72 valence electrons. The number of nitrogens with zero attached hydrogens (tertiary/aromatic N) is 1. The molecule has 0 fully saturated rings. The van der Waals surface area contributed by atoms with Crippen molar-refractivity contribution in [1.29, 1.82) is 0 Å². The number of hydrogen-bond acceptors (Lipinski definition) is 2. The average Bonchev–Trinajstić information content (AvgIpc) is 2.44. The first kappa shape index (κ1) is 9.55. The largest absolute Gasteiger partial charge is 0.288 e. The highest BCUT2D eigenvalue weighted by Crippen LogP contribution is 2.27. The molecule has 2 nitrogen and oxygen atoms in total. The summed E-state index contributed by atoms with van der Waals surface area (Å²) in [5, 5.41) is -0.0178. The Hall–Kier alpha value is -1.00. The molecule has 2 rings (SSSR count). The van der Waals surface area contributed by atoms with E-state index in [0.717, 1.165) is 0 Å². The number of thiocarbonyl (C=S) groups is 1. The van der Waals surface area contributed by atoms with Gasteiger partial charge in [0.25, 0.3) is 5.91 Å². The second-order valence-corrected chi connectivity index (χ2v) is 3.52. The summed E-state index contributed by atoms with van der Waals surface area (Å²) in [5.41, 5.74) is 1.34. The Morgan fingerprint density at radius 2 is 2.21 bits per heavy atom. The molecular formula is C9H5ClFNOS. The Labute approximate surface area is 90.2 Å². The minimum Gasteiger partial charge on any atom is -0.266 e. The van der Waals surface area contributed by atoms with Crippen molar-refractivity contribution in [2.24, 2.45) is 0 Å². The van der Waals surface area contributed by atoms with E-state index in [0.29, 0.717) is 11.1 Å². The summed E-state index contributed by atoms with van der Waals surface area (Å²) >= 11 is 10.4. The number of fused-ring (bicyclic) bond motifs is 1. The van der Waals surface area contributed by atoms with Crippen LogP contribution in [-0.2, 0) is 5.88 Å². The molecular weight excluding hydrogens is 225 g/mol. The lowest BCUT2D eigenvalue weighted by Crippen LogP contribution is -2.19. The Morgan fingerprint density at radius 3 is 2.86 bits per heavy atom. The zero-order chi connectivity index (χ0) is 10.3. The lowest BCUT2D eigenvalue weighted by Gasteiger charge is -2.00. The van der Waals surface area contributed by atoms with Gasteiger partial charge in [0.05, 0.1) is 5.56 Å². The van der Waals surface area contributed by atoms with E-state index in [4.69, 9.17) is 23.8 Å². The Bertz CT molecular complexity index is 435. The number of amides is 1. The third-order valence-electron chi connectivity index (χ3n) is 2.10. The zero-order valence-electron chi connectivity index (χ0n) is 6.96. The Balaban J connectivity index is 2.69. The molecule has 0 N–H and O–H groups in total. The molecule has 0 atom stereocenters. The fraction of sp³-hybridized carbons (Fsp3) is 0.111. The van der Waals surface area contributed by atoms with Crippen LogP contribution < -0.4 is 0 Å². The summed E-state index contributed by atoms with van der Waals surface area (Å²) in [7, 11) is 0. The van der Waals surface area contributed by atoms with Crippen LogP contribution in [0.3, 0.4) is 0 Å². The van der Waals surface area contributed by atoms with E-state index in [1.807, 2.05) is 0 Å². The molecule has 1 amide bonds. The smallest absolute Gasteiger partial charge is 0.266 e. The van der Waals surface area contributed by atoms with Gasteiger partial charge >= 0.3 is 0 Å². The molecule has 0 bridgehead atoms. The minimum atomic E-state index is -0.721. The monoisotopic (exact) mass is 229 g/mol. The second-order valence-electron chi connectivity index (χ2n) is 2.86. The average molecular weight is 230 g/mol. The van der Waals surface area contributed by atoms with Crippen molar-refractivity contribution in [3.05, 3.63) is 34.9 Å². The van der Waals surface area contributed by atoms with E-state index in [9.17, 15) is 9.28 Å². The first-order chi connectivity index (χ1) is 6.66. The van der Waals surface area contributed by atoms with Crippen LogP contribution in [0.1, 0.15) is 21.5 Å². The van der Waals surface area contributed by atoms with Crippen molar-refractivity contribution in [3.63, 3.8) is 0 Å². The van der Waals surface area contributed by atoms with Crippen molar-refractivity contribution in [2.45, 2.75) is 5.88 Å². The van der Waals surface area contributed by atoms with Gasteiger partial charge in [0.1, 0.15) is 4.99 Å². The van der Waals surface area contributed by atoms with Crippen LogP contribution in [0.4, 0.5) is 4.48 Å². The fourth-order valence-corrected chi connectivity index (χ4v) is 1.91. The fourth-order valence-electron chi connectivity index (χ4n) is 1.44. The van der Waals surface area contributed by atoms with Crippen LogP contribution in [0.25, 0.3) is 0 Å². The molecule has 5 heteroatoms. The molecule has 0 unspecified atom stereocenters. The quantitative estimate of drug-likeness (QED) is 0.419. The summed E-state index contributed by atoms with van der Waals surface area (Å²) in [6, 6.07) is 5.01. The van der Waals surface area contributed by atoms with Gasteiger partial charge in [0, 0.05) is 11.4 Å². The number of halogens is 2. The normalized spacial score (nSPS) is 14.9. The Morgan fingerprint density at radius 1 is 1.50 bits per heavy atom. The number of carbonyl (C=O) groups is 1. The Kier molecular flexibility index (Phi) is 2.25. The van der Waals surface area contributed by atoms with Crippen molar-refractivity contribution in [3.8, 4) is 0 Å². The highest BCUT2D eigenvalue weighted by Gasteiger charge is 2.34. The van der Waals surface area contributed by atoms with Gasteiger partial charge in [-0.1, -0.05) is 34.9 Å². The van der Waals surface area contributed by atoms with Crippen LogP contribution >= 0.6 is 23.8 Å². The summed E-state index contributed by atoms with van der Waals surface area (Å²) in [4.78, 5) is 11.3. The van der Waals surface area contributed by atoms with E-state index >= 15 is 0 Å². The standard InChI is InChI=1S/C9H5ClFNOS/c10-4-5-2-1-3-6-7(5)8(13)12(11)9(6)14/h1-3H,4H2. The summed E-state index contributed by atoms with van der Waals surface area (Å²) in [6.07, 6.45) is 0. The number of benzene rings is 1. The SMILES string of the molecule is O=C1c2c(CCl)cccc2C(=S)N1F. The molecule has 0 saturated heterocycles. The molecule has 1 aliphatic heterocycles. The van der Waals surface area contributed by atoms with Crippen molar-refractivity contribution in [2.75, 3.05) is 0 Å². The number of rotatable bonds is 1. The van der Waals surface area contributed by atoms with Gasteiger partial charge in [0.2, 0.25) is 0 Å². The van der Waals surface area contributed by atoms with Gasteiger partial charge in [-0.3, -0.25) is 4.79 Å². The third kappa shape index (κ3) is 1.14. The molecule has 1 heterocycles. The molecule has 1 aliphatic rings. The highest BCUT2D eigenvalue weighted by molar-refractivity contribution is 7.80. The molecule has 0 aliphatic carbocycles. The molecule has 0 radical (unpaired) electrons. The van der Waals surface area contributed by atoms with Gasteiger partial charge in [-0.2, -0.15) is 0 Å². The van der Waals surface area contributed by atoms with E-state index in [-0.39, 0.29) is 21.6 Å². The van der Waals surface area contributed by atoms with Crippen molar-refractivity contribution < 1.29 is 9.28 Å². The number of carbonyl (C=O) groups excluding carboxylic acids is 1. The highest BCUT2D eigenvalue weighted by atomic mass is 35.5. The van der Waals surface area contributed by atoms with Crippen LogP contribution in [-0.4, -0.2) is 16.0 Å². The maximum absolute atomic E-state index is 13.1. The summed E-state index contributed by atoms with van der Waals surface area (Å²) < 4.78 is 13.1. The van der Waals surface area contributed by atoms with Gasteiger partial charge < -0.3 is 0 Å².